The van der Waals surface area contributed by atoms with E-state index in [0.29, 0.717) is 12.0 Å². The van der Waals surface area contributed by atoms with Gasteiger partial charge in [-0.1, -0.05) is 72.3 Å². The molecule has 0 radical (unpaired) electrons. The van der Waals surface area contributed by atoms with Gasteiger partial charge in [0.15, 0.2) is 6.10 Å². The number of esters is 1. The van der Waals surface area contributed by atoms with Crippen LogP contribution in [-0.2, 0) is 26.0 Å². The van der Waals surface area contributed by atoms with Gasteiger partial charge in [-0.05, 0) is 35.7 Å². The zero-order chi connectivity index (χ0) is 22.0. The van der Waals surface area contributed by atoms with Crippen molar-refractivity contribution in [2.75, 3.05) is 0 Å². The fourth-order valence-electron chi connectivity index (χ4n) is 3.75. The molecule has 4 rings (SSSR count). The number of hydrogen-bond donors (Lipinski definition) is 2. The minimum absolute atomic E-state index is 0.136. The fourth-order valence-corrected chi connectivity index (χ4v) is 4.99. The van der Waals surface area contributed by atoms with Gasteiger partial charge in [-0.2, -0.15) is 4.72 Å². The molecule has 0 saturated heterocycles. The van der Waals surface area contributed by atoms with E-state index in [1.165, 1.54) is 0 Å². The lowest BCUT2D eigenvalue weighted by atomic mass is 10.1. The number of nitrogens with one attached hydrogen (secondary N) is 1. The molecule has 1 aliphatic carbocycles. The first-order chi connectivity index (χ1) is 14.8. The van der Waals surface area contributed by atoms with Gasteiger partial charge in [0.1, 0.15) is 6.10 Å². The number of aliphatic hydroxyl groups is 1. The highest BCUT2D eigenvalue weighted by Crippen LogP contribution is 2.35. The summed E-state index contributed by atoms with van der Waals surface area (Å²) in [7, 11) is -3.85. The summed E-state index contributed by atoms with van der Waals surface area (Å²) in [6.45, 7) is 1.88. The molecule has 1 aliphatic rings. The van der Waals surface area contributed by atoms with E-state index in [1.807, 2.05) is 31.2 Å². The van der Waals surface area contributed by atoms with E-state index in [1.54, 1.807) is 54.6 Å². The van der Waals surface area contributed by atoms with Crippen LogP contribution < -0.4 is 4.72 Å². The molecule has 0 heterocycles. The monoisotopic (exact) mass is 437 g/mol. The van der Waals surface area contributed by atoms with Crippen LogP contribution in [0.15, 0.2) is 83.8 Å². The number of aryl methyl sites for hydroxylation is 1. The van der Waals surface area contributed by atoms with Gasteiger partial charge in [-0.25, -0.2) is 13.2 Å². The summed E-state index contributed by atoms with van der Waals surface area (Å²) in [5.74, 6) is -0.816. The highest BCUT2D eigenvalue weighted by Gasteiger charge is 2.39. The zero-order valence-electron chi connectivity index (χ0n) is 16.9. The third kappa shape index (κ3) is 4.54. The predicted molar refractivity (Wildman–Crippen MR) is 116 cm³/mol. The number of sulfonamides is 1. The van der Waals surface area contributed by atoms with Crippen molar-refractivity contribution in [1.29, 1.82) is 0 Å². The number of benzene rings is 3. The Bertz CT molecular complexity index is 1180. The molecule has 0 unspecified atom stereocenters. The summed E-state index contributed by atoms with van der Waals surface area (Å²) in [5.41, 5.74) is 3.02. The lowest BCUT2D eigenvalue weighted by Gasteiger charge is -2.23. The molecule has 0 spiro atoms. The fraction of sp³-hybridized carbons (Fsp3) is 0.208. The van der Waals surface area contributed by atoms with Crippen molar-refractivity contribution in [2.45, 2.75) is 36.5 Å². The Balaban J connectivity index is 1.59. The first-order valence-electron chi connectivity index (χ1n) is 9.95. The molecule has 3 aromatic rings. The van der Waals surface area contributed by atoms with E-state index in [4.69, 9.17) is 4.74 Å². The summed E-state index contributed by atoms with van der Waals surface area (Å²) in [5, 5.41) is 10.4. The van der Waals surface area contributed by atoms with E-state index in [9.17, 15) is 18.3 Å². The molecular weight excluding hydrogens is 414 g/mol. The second-order valence-corrected chi connectivity index (χ2v) is 9.32. The Labute approximate surface area is 181 Å². The Morgan fingerprint density at radius 3 is 2.35 bits per heavy atom. The average Bonchev–Trinajstić information content (AvgIpc) is 3.10. The molecule has 0 saturated carbocycles. The maximum atomic E-state index is 13.0. The van der Waals surface area contributed by atoms with Gasteiger partial charge in [-0.3, -0.25) is 0 Å². The second-order valence-electron chi connectivity index (χ2n) is 7.60. The van der Waals surface area contributed by atoms with Crippen LogP contribution in [0.4, 0.5) is 0 Å². The minimum Gasteiger partial charge on any atom is -0.458 e. The van der Waals surface area contributed by atoms with Gasteiger partial charge < -0.3 is 9.84 Å². The predicted octanol–water partition coefficient (Wildman–Crippen LogP) is 3.22. The number of hydrogen-bond acceptors (Lipinski definition) is 5. The largest absolute Gasteiger partial charge is 0.458 e. The van der Waals surface area contributed by atoms with E-state index in [2.05, 4.69) is 4.72 Å². The third-order valence-electron chi connectivity index (χ3n) is 5.40. The van der Waals surface area contributed by atoms with Gasteiger partial charge >= 0.3 is 5.97 Å². The smallest absolute Gasteiger partial charge is 0.340 e. The molecule has 7 heteroatoms. The number of aliphatic hydroxyl groups excluding tert-OH is 1. The highest BCUT2D eigenvalue weighted by molar-refractivity contribution is 7.89. The molecule has 6 nitrogen and oxygen atoms in total. The van der Waals surface area contributed by atoms with Crippen LogP contribution in [0.5, 0.6) is 0 Å². The van der Waals surface area contributed by atoms with Crippen LogP contribution in [-0.4, -0.2) is 25.6 Å². The molecule has 0 aliphatic heterocycles. The average molecular weight is 438 g/mol. The first-order valence-corrected chi connectivity index (χ1v) is 11.4. The topological polar surface area (TPSA) is 92.7 Å². The SMILES string of the molecule is Cc1ccc(S(=O)(=O)N[C@H]2c3ccccc3C[C@H]2OC(=O)[C@H](O)c2ccccc2)cc1. The van der Waals surface area contributed by atoms with E-state index >= 15 is 0 Å². The summed E-state index contributed by atoms with van der Waals surface area (Å²) in [4.78, 5) is 12.8. The number of ether oxygens (including phenoxy) is 1. The molecular formula is C24H23NO5S. The van der Waals surface area contributed by atoms with Gasteiger partial charge in [0.25, 0.3) is 0 Å². The van der Waals surface area contributed by atoms with Crippen LogP contribution in [0.25, 0.3) is 0 Å². The second kappa shape index (κ2) is 8.63. The number of rotatable bonds is 6. The van der Waals surface area contributed by atoms with Crippen molar-refractivity contribution in [3.63, 3.8) is 0 Å². The van der Waals surface area contributed by atoms with Gasteiger partial charge in [0.2, 0.25) is 10.0 Å². The van der Waals surface area contributed by atoms with E-state index in [0.717, 1.165) is 16.7 Å². The van der Waals surface area contributed by atoms with Gasteiger partial charge in [-0.15, -0.1) is 0 Å². The zero-order valence-corrected chi connectivity index (χ0v) is 17.7. The van der Waals surface area contributed by atoms with E-state index in [-0.39, 0.29) is 4.90 Å². The lowest BCUT2D eigenvalue weighted by molar-refractivity contribution is -0.160. The Hall–Kier alpha value is -3.00. The van der Waals surface area contributed by atoms with Crippen LogP contribution in [0.3, 0.4) is 0 Å². The van der Waals surface area contributed by atoms with Crippen molar-refractivity contribution in [2.24, 2.45) is 0 Å². The number of carbonyl (C=O) groups excluding carboxylic acids is 1. The highest BCUT2D eigenvalue weighted by atomic mass is 32.2. The van der Waals surface area contributed by atoms with E-state index < -0.39 is 34.2 Å². The molecule has 0 fully saturated rings. The van der Waals surface area contributed by atoms with Crippen molar-refractivity contribution >= 4 is 16.0 Å². The van der Waals surface area contributed by atoms with Crippen molar-refractivity contribution < 1.29 is 23.1 Å². The lowest BCUT2D eigenvalue weighted by Crippen LogP contribution is -2.37. The quantitative estimate of drug-likeness (QED) is 0.578. The third-order valence-corrected chi connectivity index (χ3v) is 6.86. The van der Waals surface area contributed by atoms with Gasteiger partial charge in [0.05, 0.1) is 10.9 Å². The molecule has 0 amide bonds. The molecule has 2 N–H and O–H groups in total. The van der Waals surface area contributed by atoms with Crippen molar-refractivity contribution in [3.05, 3.63) is 101 Å². The molecule has 31 heavy (non-hydrogen) atoms. The first kappa shape index (κ1) is 21.2. The Morgan fingerprint density at radius 2 is 1.65 bits per heavy atom. The van der Waals surface area contributed by atoms with Crippen LogP contribution in [0.2, 0.25) is 0 Å². The van der Waals surface area contributed by atoms with Gasteiger partial charge in [0, 0.05) is 6.42 Å². The standard InChI is InChI=1S/C24H23NO5S/c1-16-11-13-19(14-12-16)31(28,29)25-22-20-10-6-5-9-18(20)15-21(22)30-24(27)23(26)17-7-3-2-4-8-17/h2-14,21-23,25-26H,15H2,1H3/t21-,22+,23-/m1/s1. The number of fused-ring (bicyclic) bond motifs is 1. The maximum absolute atomic E-state index is 13.0. The summed E-state index contributed by atoms with van der Waals surface area (Å²) in [6.07, 6.45) is -1.87. The summed E-state index contributed by atoms with van der Waals surface area (Å²) in [6, 6.07) is 21.6. The van der Waals surface area contributed by atoms with Crippen LogP contribution in [0, 0.1) is 6.92 Å². The summed E-state index contributed by atoms with van der Waals surface area (Å²) >= 11 is 0. The molecule has 3 aromatic carbocycles. The van der Waals surface area contributed by atoms with Crippen molar-refractivity contribution in [1.82, 2.24) is 4.72 Å². The van der Waals surface area contributed by atoms with Crippen molar-refractivity contribution in [3.8, 4) is 0 Å². The molecule has 160 valence electrons. The minimum atomic E-state index is -3.85. The van der Waals surface area contributed by atoms with Crippen LogP contribution >= 0.6 is 0 Å². The normalized spacial score (nSPS) is 18.9. The molecule has 0 bridgehead atoms. The van der Waals surface area contributed by atoms with Crippen LogP contribution in [0.1, 0.15) is 34.4 Å². The number of carbonyl (C=O) groups is 1. The Morgan fingerprint density at radius 1 is 1.00 bits per heavy atom. The maximum Gasteiger partial charge on any atom is 0.340 e. The summed E-state index contributed by atoms with van der Waals surface area (Å²) < 4.78 is 34.3. The molecule has 3 atom stereocenters. The molecule has 0 aromatic heterocycles. The Kier molecular flexibility index (Phi) is 5.91.